The highest BCUT2D eigenvalue weighted by atomic mass is 16.2. The van der Waals surface area contributed by atoms with E-state index in [9.17, 15) is 9.59 Å². The fourth-order valence-corrected chi connectivity index (χ4v) is 3.55. The third kappa shape index (κ3) is 2.25. The fraction of sp³-hybridized carbons (Fsp3) is 0.353. The molecular formula is C17H18N6O2. The molecular weight excluding hydrogens is 320 g/mol. The van der Waals surface area contributed by atoms with Crippen molar-refractivity contribution in [3.8, 4) is 0 Å². The van der Waals surface area contributed by atoms with Gasteiger partial charge in [-0.05, 0) is 11.6 Å². The molecule has 128 valence electrons. The number of fused-ring (bicyclic) bond motifs is 1. The summed E-state index contributed by atoms with van der Waals surface area (Å²) in [6.45, 7) is 4.85. The molecule has 8 nitrogen and oxygen atoms in total. The molecule has 4 rings (SSSR count). The largest absolute Gasteiger partial charge is 0.329 e. The maximum Gasteiger partial charge on any atom is 0.281 e. The molecule has 1 atom stereocenters. The summed E-state index contributed by atoms with van der Waals surface area (Å²) in [4.78, 5) is 35.3. The minimum atomic E-state index is -0.284. The number of likely N-dealkylation sites (tertiary alicyclic amines) is 1. The van der Waals surface area contributed by atoms with Crippen molar-refractivity contribution in [3.05, 3.63) is 52.5 Å². The number of H-pyrrole nitrogens is 1. The van der Waals surface area contributed by atoms with Gasteiger partial charge in [0, 0.05) is 31.4 Å². The summed E-state index contributed by atoms with van der Waals surface area (Å²) in [5, 5.41) is 6.69. The summed E-state index contributed by atoms with van der Waals surface area (Å²) in [6, 6.07) is 3.75. The van der Waals surface area contributed by atoms with Crippen molar-refractivity contribution in [1.29, 1.82) is 0 Å². The van der Waals surface area contributed by atoms with Gasteiger partial charge in [-0.3, -0.25) is 19.7 Å². The second kappa shape index (κ2) is 5.23. The highest BCUT2D eigenvalue weighted by molar-refractivity contribution is 6.03. The van der Waals surface area contributed by atoms with E-state index in [1.54, 1.807) is 24.3 Å². The second-order valence-electron chi connectivity index (χ2n) is 7.07. The monoisotopic (exact) mass is 338 g/mol. The van der Waals surface area contributed by atoms with E-state index < -0.39 is 0 Å². The van der Waals surface area contributed by atoms with Crippen molar-refractivity contribution >= 4 is 16.9 Å². The maximum atomic E-state index is 13.1. The van der Waals surface area contributed by atoms with Gasteiger partial charge in [0.15, 0.2) is 5.52 Å². The van der Waals surface area contributed by atoms with E-state index in [1.807, 2.05) is 12.1 Å². The van der Waals surface area contributed by atoms with Gasteiger partial charge in [0.2, 0.25) is 0 Å². The van der Waals surface area contributed by atoms with Crippen LogP contribution in [0.3, 0.4) is 0 Å². The van der Waals surface area contributed by atoms with Gasteiger partial charge in [-0.2, -0.15) is 5.10 Å². The lowest BCUT2D eigenvalue weighted by Crippen LogP contribution is -2.58. The average molecular weight is 338 g/mol. The van der Waals surface area contributed by atoms with Gasteiger partial charge >= 0.3 is 0 Å². The summed E-state index contributed by atoms with van der Waals surface area (Å²) in [5.74, 6) is -0.212. The first-order valence-corrected chi connectivity index (χ1v) is 8.01. The lowest BCUT2D eigenvalue weighted by Gasteiger charge is -2.54. The molecule has 0 saturated carbocycles. The molecule has 0 bridgehead atoms. The standard InChI is InChI=1S/C17H18N6O2/c1-17(2)8-23(14(17)10-5-4-6-18-7-10)16(25)13-11-12(20-21-13)15(24)22(3)9-19-11/h4-7,9,14H,8H2,1-3H3,(H,20,21). The van der Waals surface area contributed by atoms with Crippen LogP contribution in [0.15, 0.2) is 35.6 Å². The van der Waals surface area contributed by atoms with Gasteiger partial charge in [0.05, 0.1) is 12.4 Å². The molecule has 25 heavy (non-hydrogen) atoms. The quantitative estimate of drug-likeness (QED) is 0.759. The minimum Gasteiger partial charge on any atom is -0.329 e. The van der Waals surface area contributed by atoms with E-state index in [0.717, 1.165) is 5.56 Å². The van der Waals surface area contributed by atoms with Crippen LogP contribution >= 0.6 is 0 Å². The van der Waals surface area contributed by atoms with Crippen LogP contribution in [0.5, 0.6) is 0 Å². The zero-order valence-electron chi connectivity index (χ0n) is 14.2. The van der Waals surface area contributed by atoms with Crippen molar-refractivity contribution in [3.63, 3.8) is 0 Å². The number of pyridine rings is 1. The first kappa shape index (κ1) is 15.5. The van der Waals surface area contributed by atoms with E-state index in [1.165, 1.54) is 10.9 Å². The Kier molecular flexibility index (Phi) is 3.24. The smallest absolute Gasteiger partial charge is 0.281 e. The van der Waals surface area contributed by atoms with Crippen molar-refractivity contribution in [2.24, 2.45) is 12.5 Å². The summed E-state index contributed by atoms with van der Waals surface area (Å²) in [5.41, 5.74) is 1.37. The summed E-state index contributed by atoms with van der Waals surface area (Å²) >= 11 is 0. The van der Waals surface area contributed by atoms with E-state index in [0.29, 0.717) is 12.1 Å². The Balaban J connectivity index is 1.74. The molecule has 3 aromatic rings. The molecule has 1 amide bonds. The Hall–Kier alpha value is -3.03. The van der Waals surface area contributed by atoms with Gasteiger partial charge < -0.3 is 9.47 Å². The van der Waals surface area contributed by atoms with E-state index in [-0.39, 0.29) is 34.1 Å². The first-order chi connectivity index (χ1) is 11.9. The highest BCUT2D eigenvalue weighted by Crippen LogP contribution is 2.48. The Morgan fingerprint density at radius 1 is 1.36 bits per heavy atom. The zero-order chi connectivity index (χ0) is 17.8. The molecule has 1 aliphatic rings. The van der Waals surface area contributed by atoms with Crippen molar-refractivity contribution < 1.29 is 4.79 Å². The van der Waals surface area contributed by atoms with Crippen molar-refractivity contribution in [1.82, 2.24) is 29.6 Å². The fourth-order valence-electron chi connectivity index (χ4n) is 3.55. The van der Waals surface area contributed by atoms with Crippen molar-refractivity contribution in [2.75, 3.05) is 6.54 Å². The number of carbonyl (C=O) groups is 1. The molecule has 0 aliphatic carbocycles. The molecule has 1 saturated heterocycles. The minimum absolute atomic E-state index is 0.0575. The van der Waals surface area contributed by atoms with Gasteiger partial charge in [0.25, 0.3) is 11.5 Å². The zero-order valence-corrected chi connectivity index (χ0v) is 14.2. The lowest BCUT2D eigenvalue weighted by atomic mass is 9.72. The van der Waals surface area contributed by atoms with Gasteiger partial charge in [-0.25, -0.2) is 4.98 Å². The Labute approximate surface area is 143 Å². The molecule has 0 spiro atoms. The predicted octanol–water partition coefficient (Wildman–Crippen LogP) is 1.27. The van der Waals surface area contributed by atoms with Crippen LogP contribution in [0.25, 0.3) is 11.0 Å². The molecule has 8 heteroatoms. The van der Waals surface area contributed by atoms with Crippen LogP contribution in [0.2, 0.25) is 0 Å². The SMILES string of the molecule is Cn1cnc2c(C(=O)N3CC(C)(C)C3c3cccnc3)[nH]nc2c1=O. The van der Waals surface area contributed by atoms with Crippen LogP contribution in [0.1, 0.15) is 35.9 Å². The maximum absolute atomic E-state index is 13.1. The third-order valence-corrected chi connectivity index (χ3v) is 4.73. The third-order valence-electron chi connectivity index (χ3n) is 4.73. The van der Waals surface area contributed by atoms with Crippen LogP contribution < -0.4 is 5.56 Å². The number of aromatic nitrogens is 5. The molecule has 1 fully saturated rings. The van der Waals surface area contributed by atoms with Crippen LogP contribution in [0.4, 0.5) is 0 Å². The number of rotatable bonds is 2. The number of nitrogens with zero attached hydrogens (tertiary/aromatic N) is 5. The van der Waals surface area contributed by atoms with E-state index >= 15 is 0 Å². The average Bonchev–Trinajstić information content (AvgIpc) is 3.01. The first-order valence-electron chi connectivity index (χ1n) is 8.01. The van der Waals surface area contributed by atoms with Crippen LogP contribution in [-0.4, -0.2) is 42.1 Å². The number of hydrogen-bond acceptors (Lipinski definition) is 5. The number of hydrogen-bond donors (Lipinski definition) is 1. The van der Waals surface area contributed by atoms with Gasteiger partial charge in [0.1, 0.15) is 11.2 Å². The molecule has 1 N–H and O–H groups in total. The van der Waals surface area contributed by atoms with Crippen molar-refractivity contribution in [2.45, 2.75) is 19.9 Å². The van der Waals surface area contributed by atoms with E-state index in [2.05, 4.69) is 34.0 Å². The predicted molar refractivity (Wildman–Crippen MR) is 90.9 cm³/mol. The highest BCUT2D eigenvalue weighted by Gasteiger charge is 2.49. The number of nitrogens with one attached hydrogen (secondary N) is 1. The molecule has 1 aliphatic heterocycles. The second-order valence-corrected chi connectivity index (χ2v) is 7.07. The molecule has 4 heterocycles. The summed E-state index contributed by atoms with van der Waals surface area (Å²) < 4.78 is 1.34. The lowest BCUT2D eigenvalue weighted by molar-refractivity contribution is -0.0326. The Morgan fingerprint density at radius 2 is 2.16 bits per heavy atom. The van der Waals surface area contributed by atoms with Gasteiger partial charge in [-0.15, -0.1) is 0 Å². The molecule has 1 unspecified atom stereocenters. The van der Waals surface area contributed by atoms with E-state index in [4.69, 9.17) is 0 Å². The summed E-state index contributed by atoms with van der Waals surface area (Å²) in [6.07, 6.45) is 4.89. The van der Waals surface area contributed by atoms with Crippen LogP contribution in [0, 0.1) is 5.41 Å². The molecule has 0 radical (unpaired) electrons. The molecule has 3 aromatic heterocycles. The normalized spacial score (nSPS) is 19.0. The van der Waals surface area contributed by atoms with Crippen LogP contribution in [-0.2, 0) is 7.05 Å². The molecule has 0 aromatic carbocycles. The Bertz CT molecular complexity index is 1020. The topological polar surface area (TPSA) is 96.8 Å². The number of aryl methyl sites for hydroxylation is 1. The van der Waals surface area contributed by atoms with Gasteiger partial charge in [-0.1, -0.05) is 19.9 Å². The summed E-state index contributed by atoms with van der Waals surface area (Å²) in [7, 11) is 1.60. The Morgan fingerprint density at radius 3 is 2.84 bits per heavy atom. The number of aromatic amines is 1. The number of carbonyl (C=O) groups excluding carboxylic acids is 1. The number of amides is 1.